The molecule has 3 aromatic rings. The molecule has 1 atom stereocenters. The second-order valence-electron chi connectivity index (χ2n) is 5.90. The van der Waals surface area contributed by atoms with Crippen molar-refractivity contribution in [3.63, 3.8) is 0 Å². The van der Waals surface area contributed by atoms with Crippen LogP contribution in [-0.4, -0.2) is 36.2 Å². The number of amides is 1. The minimum absolute atomic E-state index is 0.118. The third-order valence-corrected chi connectivity index (χ3v) is 5.38. The molecule has 10 heteroatoms. The van der Waals surface area contributed by atoms with Gasteiger partial charge in [0.2, 0.25) is 5.91 Å². The molecule has 2 N–H and O–H groups in total. The number of nitrogens with zero attached hydrogens (tertiary/aromatic N) is 3. The highest BCUT2D eigenvalue weighted by atomic mass is 32.2. The maximum absolute atomic E-state index is 12.4. The molecule has 0 aliphatic carbocycles. The van der Waals surface area contributed by atoms with E-state index in [0.29, 0.717) is 17.1 Å². The van der Waals surface area contributed by atoms with Crippen LogP contribution in [0.2, 0.25) is 0 Å². The number of methoxy groups -OCH3 is 1. The topological polar surface area (TPSA) is 115 Å². The highest BCUT2D eigenvalue weighted by molar-refractivity contribution is 7.92. The summed E-state index contributed by atoms with van der Waals surface area (Å²) in [4.78, 5) is 16.2. The van der Waals surface area contributed by atoms with Gasteiger partial charge in [-0.15, -0.1) is 0 Å². The van der Waals surface area contributed by atoms with E-state index in [4.69, 9.17) is 4.74 Å². The third-order valence-electron chi connectivity index (χ3n) is 3.99. The van der Waals surface area contributed by atoms with Gasteiger partial charge in [-0.3, -0.25) is 9.52 Å². The summed E-state index contributed by atoms with van der Waals surface area (Å²) in [5, 5.41) is 6.68. The van der Waals surface area contributed by atoms with Crippen molar-refractivity contribution in [2.45, 2.75) is 17.9 Å². The average Bonchev–Trinajstić information content (AvgIpc) is 3.23. The molecule has 0 fully saturated rings. The van der Waals surface area contributed by atoms with Crippen LogP contribution in [0.15, 0.2) is 66.1 Å². The quantitative estimate of drug-likeness (QED) is 0.628. The van der Waals surface area contributed by atoms with E-state index >= 15 is 0 Å². The number of sulfonamides is 1. The zero-order chi connectivity index (χ0) is 20.1. The molecular formula is C18H19N5O4S. The van der Waals surface area contributed by atoms with Gasteiger partial charge in [-0.1, -0.05) is 0 Å². The van der Waals surface area contributed by atoms with Gasteiger partial charge in [0, 0.05) is 11.4 Å². The Kier molecular flexibility index (Phi) is 5.59. The van der Waals surface area contributed by atoms with E-state index in [1.807, 2.05) is 0 Å². The minimum Gasteiger partial charge on any atom is -0.497 e. The van der Waals surface area contributed by atoms with Crippen LogP contribution in [0.4, 0.5) is 11.4 Å². The van der Waals surface area contributed by atoms with Crippen molar-refractivity contribution in [3.05, 3.63) is 61.2 Å². The second-order valence-corrected chi connectivity index (χ2v) is 7.58. The fourth-order valence-electron chi connectivity index (χ4n) is 2.37. The molecule has 1 heterocycles. The van der Waals surface area contributed by atoms with Gasteiger partial charge in [-0.25, -0.2) is 18.1 Å². The maximum Gasteiger partial charge on any atom is 0.261 e. The predicted octanol–water partition coefficient (Wildman–Crippen LogP) is 2.29. The van der Waals surface area contributed by atoms with E-state index in [2.05, 4.69) is 20.1 Å². The predicted molar refractivity (Wildman–Crippen MR) is 104 cm³/mol. The zero-order valence-corrected chi connectivity index (χ0v) is 16.1. The summed E-state index contributed by atoms with van der Waals surface area (Å²) in [6.45, 7) is 1.70. The van der Waals surface area contributed by atoms with Crippen molar-refractivity contribution in [2.75, 3.05) is 17.1 Å². The van der Waals surface area contributed by atoms with Crippen molar-refractivity contribution in [3.8, 4) is 5.75 Å². The first-order chi connectivity index (χ1) is 13.4. The van der Waals surface area contributed by atoms with E-state index < -0.39 is 16.1 Å². The molecule has 9 nitrogen and oxygen atoms in total. The largest absolute Gasteiger partial charge is 0.497 e. The fourth-order valence-corrected chi connectivity index (χ4v) is 3.43. The molecule has 0 aliphatic heterocycles. The Balaban J connectivity index is 1.66. The number of benzene rings is 2. The lowest BCUT2D eigenvalue weighted by atomic mass is 10.2. The molecule has 0 saturated carbocycles. The number of anilines is 2. The van der Waals surface area contributed by atoms with E-state index in [9.17, 15) is 13.2 Å². The molecule has 2 aromatic carbocycles. The van der Waals surface area contributed by atoms with Crippen molar-refractivity contribution in [1.29, 1.82) is 0 Å². The number of carbonyl (C=O) groups excluding carboxylic acids is 1. The highest BCUT2D eigenvalue weighted by Gasteiger charge is 2.16. The molecule has 0 radical (unpaired) electrons. The Bertz CT molecular complexity index is 1030. The van der Waals surface area contributed by atoms with E-state index in [1.165, 1.54) is 36.6 Å². The number of aromatic nitrogens is 3. The van der Waals surface area contributed by atoms with Gasteiger partial charge in [-0.05, 0) is 55.5 Å². The number of carbonyl (C=O) groups is 1. The molecule has 1 aromatic heterocycles. The summed E-state index contributed by atoms with van der Waals surface area (Å²) >= 11 is 0. The van der Waals surface area contributed by atoms with Gasteiger partial charge in [0.1, 0.15) is 24.4 Å². The first-order valence-electron chi connectivity index (χ1n) is 8.31. The molecule has 146 valence electrons. The summed E-state index contributed by atoms with van der Waals surface area (Å²) < 4.78 is 33.9. The summed E-state index contributed by atoms with van der Waals surface area (Å²) in [6, 6.07) is 11.9. The van der Waals surface area contributed by atoms with Crippen LogP contribution in [0.5, 0.6) is 5.75 Å². The molecule has 1 amide bonds. The minimum atomic E-state index is -3.73. The molecular weight excluding hydrogens is 382 g/mol. The fraction of sp³-hybridized carbons (Fsp3) is 0.167. The van der Waals surface area contributed by atoms with E-state index in [0.717, 1.165) is 0 Å². The third kappa shape index (κ3) is 4.46. The molecule has 0 aliphatic rings. The summed E-state index contributed by atoms with van der Waals surface area (Å²) in [6.07, 6.45) is 2.81. The Morgan fingerprint density at radius 3 is 2.29 bits per heavy atom. The molecule has 0 spiro atoms. The first-order valence-corrected chi connectivity index (χ1v) is 9.79. The lowest BCUT2D eigenvalue weighted by molar-refractivity contribution is -0.119. The van der Waals surface area contributed by atoms with Crippen molar-refractivity contribution in [2.24, 2.45) is 0 Å². The van der Waals surface area contributed by atoms with Crippen molar-refractivity contribution >= 4 is 27.3 Å². The van der Waals surface area contributed by atoms with Gasteiger partial charge in [-0.2, -0.15) is 5.10 Å². The zero-order valence-electron chi connectivity index (χ0n) is 15.2. The molecule has 28 heavy (non-hydrogen) atoms. The Hall–Kier alpha value is -3.40. The van der Waals surface area contributed by atoms with Gasteiger partial charge >= 0.3 is 0 Å². The van der Waals surface area contributed by atoms with Crippen LogP contribution in [0, 0.1) is 0 Å². The van der Waals surface area contributed by atoms with Crippen LogP contribution in [-0.2, 0) is 14.8 Å². The maximum atomic E-state index is 12.4. The Labute approximate surface area is 162 Å². The summed E-state index contributed by atoms with van der Waals surface area (Å²) in [5.41, 5.74) is 0.905. The van der Waals surface area contributed by atoms with Gasteiger partial charge in [0.25, 0.3) is 10.0 Å². The van der Waals surface area contributed by atoms with Crippen molar-refractivity contribution < 1.29 is 17.9 Å². The SMILES string of the molecule is COc1ccc(S(=O)(=O)Nc2ccc(NC(=O)[C@@H](C)n3cncn3)cc2)cc1. The number of nitrogens with one attached hydrogen (secondary N) is 2. The van der Waals surface area contributed by atoms with Crippen LogP contribution >= 0.6 is 0 Å². The number of hydrogen-bond donors (Lipinski definition) is 2. The summed E-state index contributed by atoms with van der Waals surface area (Å²) in [5.74, 6) is 0.302. The normalized spacial score (nSPS) is 12.2. The number of rotatable bonds is 7. The lowest BCUT2D eigenvalue weighted by Crippen LogP contribution is -2.24. The monoisotopic (exact) mass is 401 g/mol. The highest BCUT2D eigenvalue weighted by Crippen LogP contribution is 2.21. The Morgan fingerprint density at radius 1 is 1.07 bits per heavy atom. The van der Waals surface area contributed by atoms with E-state index in [-0.39, 0.29) is 10.8 Å². The van der Waals surface area contributed by atoms with Gasteiger partial charge in [0.05, 0.1) is 12.0 Å². The number of hydrogen-bond acceptors (Lipinski definition) is 6. The van der Waals surface area contributed by atoms with E-state index in [1.54, 1.807) is 43.3 Å². The average molecular weight is 401 g/mol. The number of ether oxygens (including phenoxy) is 1. The Morgan fingerprint density at radius 2 is 1.71 bits per heavy atom. The van der Waals surface area contributed by atoms with Crippen LogP contribution in [0.1, 0.15) is 13.0 Å². The van der Waals surface area contributed by atoms with Gasteiger partial charge < -0.3 is 10.1 Å². The smallest absolute Gasteiger partial charge is 0.261 e. The summed E-state index contributed by atoms with van der Waals surface area (Å²) in [7, 11) is -2.22. The molecule has 0 unspecified atom stereocenters. The lowest BCUT2D eigenvalue weighted by Gasteiger charge is -2.13. The molecule has 0 bridgehead atoms. The van der Waals surface area contributed by atoms with Crippen LogP contribution < -0.4 is 14.8 Å². The molecule has 3 rings (SSSR count). The second kappa shape index (κ2) is 8.09. The van der Waals surface area contributed by atoms with Gasteiger partial charge in [0.15, 0.2) is 0 Å². The van der Waals surface area contributed by atoms with Crippen LogP contribution in [0.3, 0.4) is 0 Å². The van der Waals surface area contributed by atoms with Crippen molar-refractivity contribution in [1.82, 2.24) is 14.8 Å². The standard InChI is InChI=1S/C18H19N5O4S/c1-13(23-12-19-11-20-23)18(24)21-14-3-5-15(6-4-14)22-28(25,26)17-9-7-16(27-2)8-10-17/h3-13,22H,1-2H3,(H,21,24)/t13-/m1/s1. The van der Waals surface area contributed by atoms with Crippen LogP contribution in [0.25, 0.3) is 0 Å². The molecule has 0 saturated heterocycles. The first kappa shape index (κ1) is 19.4.